The summed E-state index contributed by atoms with van der Waals surface area (Å²) in [5.41, 5.74) is 1.63. The zero-order valence-corrected chi connectivity index (χ0v) is 18.6. The molecule has 3 aromatic rings. The predicted molar refractivity (Wildman–Crippen MR) is 121 cm³/mol. The Bertz CT molecular complexity index is 1210. The van der Waals surface area contributed by atoms with E-state index in [0.29, 0.717) is 53.5 Å². The fraction of sp³-hybridized carbons (Fsp3) is 0.435. The van der Waals surface area contributed by atoms with Crippen molar-refractivity contribution in [3.05, 3.63) is 30.5 Å². The smallest absolute Gasteiger partial charge is 0.276 e. The van der Waals surface area contributed by atoms with Crippen molar-refractivity contribution in [2.75, 3.05) is 25.2 Å². The summed E-state index contributed by atoms with van der Waals surface area (Å²) in [6, 6.07) is 6.77. The number of fused-ring (bicyclic) bond motifs is 3. The third-order valence-corrected chi connectivity index (χ3v) is 6.80. The second-order valence-corrected chi connectivity index (χ2v) is 8.87. The van der Waals surface area contributed by atoms with E-state index in [2.05, 4.69) is 30.7 Å². The van der Waals surface area contributed by atoms with Crippen LogP contribution in [0.25, 0.3) is 22.6 Å². The largest absolute Gasteiger partial charge is 0.507 e. The summed E-state index contributed by atoms with van der Waals surface area (Å²) in [5, 5.41) is 30.6. The monoisotopic (exact) mass is 465 g/mol. The highest BCUT2D eigenvalue weighted by Crippen LogP contribution is 2.35. The van der Waals surface area contributed by atoms with Crippen molar-refractivity contribution < 1.29 is 19.0 Å². The number of rotatable bonds is 4. The van der Waals surface area contributed by atoms with E-state index in [1.165, 1.54) is 0 Å². The molecule has 0 radical (unpaired) electrons. The minimum absolute atomic E-state index is 0.0177. The van der Waals surface area contributed by atoms with Gasteiger partial charge in [-0.2, -0.15) is 0 Å². The van der Waals surface area contributed by atoms with E-state index in [-0.39, 0.29) is 23.7 Å². The average Bonchev–Trinajstić information content (AvgIpc) is 3.29. The lowest BCUT2D eigenvalue weighted by atomic mass is 9.96. The highest BCUT2D eigenvalue weighted by Gasteiger charge is 2.44. The molecule has 2 bridgehead atoms. The normalized spacial score (nSPS) is 25.2. The van der Waals surface area contributed by atoms with Crippen LogP contribution in [-0.4, -0.2) is 75.0 Å². The van der Waals surface area contributed by atoms with Crippen molar-refractivity contribution in [1.82, 2.24) is 30.7 Å². The minimum Gasteiger partial charge on any atom is -0.507 e. The predicted octanol–water partition coefficient (Wildman–Crippen LogP) is 2.14. The Morgan fingerprint density at radius 3 is 2.79 bits per heavy atom. The molecule has 4 atom stereocenters. The molecule has 11 heteroatoms. The molecular formula is C23H24FN7O3. The number of halogens is 1. The van der Waals surface area contributed by atoms with Gasteiger partial charge in [-0.15, -0.1) is 20.4 Å². The lowest BCUT2D eigenvalue weighted by Gasteiger charge is -2.38. The number of piperidine rings is 1. The van der Waals surface area contributed by atoms with Gasteiger partial charge in [0.1, 0.15) is 25.1 Å². The number of phenolic OH excluding ortho intramolecular Hbond substituents is 1. The van der Waals surface area contributed by atoms with Crippen LogP contribution in [0.5, 0.6) is 17.4 Å². The molecule has 3 aliphatic heterocycles. The highest BCUT2D eigenvalue weighted by molar-refractivity contribution is 5.72. The lowest BCUT2D eigenvalue weighted by molar-refractivity contribution is 0.162. The van der Waals surface area contributed by atoms with Crippen molar-refractivity contribution >= 4 is 5.82 Å². The highest BCUT2D eigenvalue weighted by atomic mass is 19.1. The van der Waals surface area contributed by atoms with Crippen LogP contribution in [0.15, 0.2) is 30.5 Å². The number of ether oxygens (including phenoxy) is 2. The molecule has 5 heterocycles. The fourth-order valence-electron chi connectivity index (χ4n) is 4.95. The van der Waals surface area contributed by atoms with E-state index in [1.807, 2.05) is 11.9 Å². The first-order valence-corrected chi connectivity index (χ1v) is 11.4. The molecule has 34 heavy (non-hydrogen) atoms. The van der Waals surface area contributed by atoms with Gasteiger partial charge in [0.15, 0.2) is 17.4 Å². The van der Waals surface area contributed by atoms with Crippen molar-refractivity contribution in [2.45, 2.75) is 43.6 Å². The number of benzene rings is 1. The van der Waals surface area contributed by atoms with Crippen molar-refractivity contribution in [2.24, 2.45) is 0 Å². The molecule has 2 aromatic heterocycles. The molecule has 6 rings (SSSR count). The number of phenols is 1. The van der Waals surface area contributed by atoms with Crippen LogP contribution in [0.2, 0.25) is 0 Å². The first-order chi connectivity index (χ1) is 16.6. The number of aromatic hydroxyl groups is 1. The molecule has 0 saturated carbocycles. The molecule has 0 amide bonds. The lowest BCUT2D eigenvalue weighted by Crippen LogP contribution is -2.55. The number of nitrogens with one attached hydrogen (secondary N) is 1. The number of hydrogen-bond donors (Lipinski definition) is 2. The van der Waals surface area contributed by atoms with Crippen molar-refractivity contribution in [3.63, 3.8) is 0 Å². The first kappa shape index (κ1) is 21.0. The molecule has 0 aliphatic carbocycles. The molecule has 0 unspecified atom stereocenters. The van der Waals surface area contributed by atoms with Gasteiger partial charge in [0.25, 0.3) is 5.88 Å². The van der Waals surface area contributed by atoms with E-state index >= 15 is 0 Å². The Morgan fingerprint density at radius 1 is 1.09 bits per heavy atom. The van der Waals surface area contributed by atoms with Gasteiger partial charge in [0.2, 0.25) is 0 Å². The van der Waals surface area contributed by atoms with Gasteiger partial charge in [-0.1, -0.05) is 6.07 Å². The zero-order chi connectivity index (χ0) is 23.2. The zero-order valence-electron chi connectivity index (χ0n) is 18.6. The second kappa shape index (κ2) is 8.32. The number of alkyl halides is 1. The third-order valence-electron chi connectivity index (χ3n) is 6.80. The molecule has 2 N–H and O–H groups in total. The Hall–Kier alpha value is -3.60. The topological polar surface area (TPSA) is 118 Å². The quantitative estimate of drug-likeness (QED) is 0.593. The van der Waals surface area contributed by atoms with E-state index in [1.54, 1.807) is 30.5 Å². The summed E-state index contributed by atoms with van der Waals surface area (Å²) >= 11 is 0. The number of aromatic nitrogens is 5. The maximum Gasteiger partial charge on any atom is 0.276 e. The Kier molecular flexibility index (Phi) is 5.13. The van der Waals surface area contributed by atoms with Gasteiger partial charge in [0.05, 0.1) is 23.5 Å². The molecule has 1 aromatic carbocycles. The summed E-state index contributed by atoms with van der Waals surface area (Å²) < 4.78 is 25.9. The van der Waals surface area contributed by atoms with Crippen LogP contribution >= 0.6 is 0 Å². The number of anilines is 1. The minimum atomic E-state index is -0.967. The number of nitrogens with zero attached hydrogens (tertiary/aromatic N) is 6. The van der Waals surface area contributed by atoms with Crippen molar-refractivity contribution in [3.8, 4) is 40.0 Å². The average molecular weight is 465 g/mol. The van der Waals surface area contributed by atoms with E-state index in [4.69, 9.17) is 9.47 Å². The van der Waals surface area contributed by atoms with Gasteiger partial charge in [-0.3, -0.25) is 0 Å². The standard InChI is InChI=1S/C23H24FN7O3/c1-31(17-9-13-3-5-15(26-13)21(17)24)20-11-25-22(29-28-20)14-4-2-12(8-18(14)32)16-10-19-23(30-27-16)34-7-6-33-19/h2,4,8,10-11,13,15,17,21,26,32H,3,5-7,9H2,1H3/t13-,15-,17-,21+/m0/s1. The molecular weight excluding hydrogens is 441 g/mol. The summed E-state index contributed by atoms with van der Waals surface area (Å²) in [6.07, 6.45) is 3.20. The number of hydrogen-bond acceptors (Lipinski definition) is 10. The van der Waals surface area contributed by atoms with Crippen LogP contribution in [-0.2, 0) is 0 Å². The Labute approximate surface area is 195 Å². The fourth-order valence-corrected chi connectivity index (χ4v) is 4.95. The van der Waals surface area contributed by atoms with Crippen LogP contribution in [0.3, 0.4) is 0 Å². The molecule has 10 nitrogen and oxygen atoms in total. The first-order valence-electron chi connectivity index (χ1n) is 11.4. The second-order valence-electron chi connectivity index (χ2n) is 8.87. The van der Waals surface area contributed by atoms with Crippen LogP contribution in [0, 0.1) is 0 Å². The molecule has 0 spiro atoms. The van der Waals surface area contributed by atoms with Gasteiger partial charge >= 0.3 is 0 Å². The van der Waals surface area contributed by atoms with Gasteiger partial charge in [-0.05, 0) is 31.4 Å². The van der Waals surface area contributed by atoms with Gasteiger partial charge in [0, 0.05) is 30.8 Å². The molecule has 2 fully saturated rings. The SMILES string of the molecule is CN(c1cnc(-c2ccc(-c3cc4c(nn3)OCCO4)cc2O)nn1)[C@H]1C[C@@H]2CC[C@H](N2)[C@H]1F. The summed E-state index contributed by atoms with van der Waals surface area (Å²) in [6.45, 7) is 0.884. The summed E-state index contributed by atoms with van der Waals surface area (Å²) in [7, 11) is 1.83. The van der Waals surface area contributed by atoms with Crippen LogP contribution in [0.1, 0.15) is 19.3 Å². The molecule has 176 valence electrons. The van der Waals surface area contributed by atoms with Crippen LogP contribution in [0.4, 0.5) is 10.2 Å². The maximum absolute atomic E-state index is 14.9. The van der Waals surface area contributed by atoms with Crippen molar-refractivity contribution in [1.29, 1.82) is 0 Å². The summed E-state index contributed by atoms with van der Waals surface area (Å²) in [5.74, 6) is 1.63. The molecule has 3 aliphatic rings. The van der Waals surface area contributed by atoms with E-state index < -0.39 is 6.17 Å². The Morgan fingerprint density at radius 2 is 1.97 bits per heavy atom. The third kappa shape index (κ3) is 3.65. The molecule has 2 saturated heterocycles. The van der Waals surface area contributed by atoms with E-state index in [9.17, 15) is 9.50 Å². The van der Waals surface area contributed by atoms with Crippen LogP contribution < -0.4 is 19.7 Å². The summed E-state index contributed by atoms with van der Waals surface area (Å²) in [4.78, 5) is 6.21. The maximum atomic E-state index is 14.9. The van der Waals surface area contributed by atoms with Gasteiger partial charge < -0.3 is 24.8 Å². The van der Waals surface area contributed by atoms with E-state index in [0.717, 1.165) is 19.3 Å². The Balaban J connectivity index is 1.21. The van der Waals surface area contributed by atoms with Gasteiger partial charge in [-0.25, -0.2) is 9.37 Å².